The Morgan fingerprint density at radius 2 is 1.53 bits per heavy atom. The number of fused-ring (bicyclic) bond motifs is 1. The minimum atomic E-state index is -1.36. The number of benzene rings is 2. The number of nitrogens with zero attached hydrogens (tertiary/aromatic N) is 1. The molecule has 0 fully saturated rings. The normalized spacial score (nSPS) is 11.0. The maximum absolute atomic E-state index is 14.6. The highest BCUT2D eigenvalue weighted by molar-refractivity contribution is 5.80. The molecule has 246 valence electrons. The summed E-state index contributed by atoms with van der Waals surface area (Å²) in [6.45, 7) is 22.7. The number of unbranched alkanes of at least 4 members (excludes halogenated alkanes) is 4. The molecule has 4 aromatic rings. The molecule has 0 unspecified atom stereocenters. The molecule has 0 radical (unpaired) electrons. The number of halogens is 1. The molecule has 0 aliphatic carbocycles. The van der Waals surface area contributed by atoms with Gasteiger partial charge in [-0.25, -0.2) is 9.37 Å². The van der Waals surface area contributed by atoms with Gasteiger partial charge in [0.1, 0.15) is 11.3 Å². The van der Waals surface area contributed by atoms with Gasteiger partial charge in [-0.15, -0.1) is 0 Å². The summed E-state index contributed by atoms with van der Waals surface area (Å²) in [4.78, 5) is 7.45. The van der Waals surface area contributed by atoms with Crippen LogP contribution in [-0.4, -0.2) is 9.97 Å². The predicted molar refractivity (Wildman–Crippen MR) is 197 cm³/mol. The minimum absolute atomic E-state index is 0.714. The summed E-state index contributed by atoms with van der Waals surface area (Å²) in [5.41, 5.74) is 9.61. The van der Waals surface area contributed by atoms with Crippen molar-refractivity contribution in [2.24, 2.45) is 0 Å². The fraction of sp³-hybridized carbons (Fsp3) is 0.488. The maximum Gasteiger partial charge on any atom is 0.137 e. The van der Waals surface area contributed by atoms with Crippen LogP contribution in [0.25, 0.3) is 16.7 Å². The molecule has 0 atom stereocenters. The van der Waals surface area contributed by atoms with Crippen molar-refractivity contribution in [2.75, 3.05) is 5.32 Å². The van der Waals surface area contributed by atoms with Crippen LogP contribution in [0.2, 0.25) is 0 Å². The standard InChI is InChI=1S/C26H36FN.C10H12N2.C5H12/c1-7-9-10-12-21-16-24(26(5,6)27)18-25(17-21)28-20(4)23-14-13-22(11-8-2)19(3)15-23;1-3-8-4-9-7(2)5-11-10(9)12-6-8;1-3-5-4-2/h13-18,28H,4,7-12H2,1-3,5-6H3;4-6H,3H2,1-2H3,(H,11,12);3-5H2,1-2H3. The first-order chi connectivity index (χ1) is 21.5. The van der Waals surface area contributed by atoms with Gasteiger partial charge in [-0.1, -0.05) is 97.9 Å². The zero-order chi connectivity index (χ0) is 33.4. The molecular formula is C41H60FN3. The number of H-pyrrole nitrogens is 1. The Kier molecular flexibility index (Phi) is 16.1. The fourth-order valence-electron chi connectivity index (χ4n) is 5.24. The molecule has 0 bridgehead atoms. The molecule has 0 amide bonds. The number of anilines is 1. The van der Waals surface area contributed by atoms with E-state index in [4.69, 9.17) is 0 Å². The lowest BCUT2D eigenvalue weighted by Crippen LogP contribution is -2.11. The number of nitrogens with one attached hydrogen (secondary N) is 2. The molecule has 0 aliphatic heterocycles. The molecule has 0 saturated heterocycles. The maximum atomic E-state index is 14.6. The molecule has 2 aromatic carbocycles. The van der Waals surface area contributed by atoms with E-state index in [0.29, 0.717) is 5.56 Å². The molecule has 0 spiro atoms. The van der Waals surface area contributed by atoms with Crippen molar-refractivity contribution >= 4 is 22.4 Å². The van der Waals surface area contributed by atoms with E-state index in [2.05, 4.69) is 101 Å². The Labute approximate surface area is 274 Å². The lowest BCUT2D eigenvalue weighted by Gasteiger charge is -2.19. The van der Waals surface area contributed by atoms with E-state index in [0.717, 1.165) is 54.7 Å². The van der Waals surface area contributed by atoms with Crippen molar-refractivity contribution in [3.05, 3.63) is 100 Å². The number of aromatic amines is 1. The highest BCUT2D eigenvalue weighted by Gasteiger charge is 2.20. The van der Waals surface area contributed by atoms with E-state index in [1.54, 1.807) is 13.8 Å². The Morgan fingerprint density at radius 1 is 0.822 bits per heavy atom. The summed E-state index contributed by atoms with van der Waals surface area (Å²) in [5.74, 6) is 0. The number of hydrogen-bond donors (Lipinski definition) is 2. The Balaban J connectivity index is 0.000000337. The van der Waals surface area contributed by atoms with Gasteiger partial charge >= 0.3 is 0 Å². The summed E-state index contributed by atoms with van der Waals surface area (Å²) in [7, 11) is 0. The average Bonchev–Trinajstić information content (AvgIpc) is 3.38. The van der Waals surface area contributed by atoms with Gasteiger partial charge in [0.05, 0.1) is 0 Å². The first kappa shape index (κ1) is 37.8. The SMILES string of the molecule is C=C(Nc1cc(CCCCC)cc(C(C)(C)F)c1)c1ccc(CCC)c(C)c1.CCCCC.CCc1cnc2[nH]cc(C)c2c1. The monoisotopic (exact) mass is 613 g/mol. The molecule has 3 nitrogen and oxygen atoms in total. The zero-order valence-electron chi connectivity index (χ0n) is 29.8. The van der Waals surface area contributed by atoms with Crippen LogP contribution in [0, 0.1) is 13.8 Å². The minimum Gasteiger partial charge on any atom is -0.356 e. The molecule has 2 N–H and O–H groups in total. The van der Waals surface area contributed by atoms with E-state index in [1.165, 1.54) is 65.3 Å². The van der Waals surface area contributed by atoms with Gasteiger partial charge in [-0.3, -0.25) is 0 Å². The third kappa shape index (κ3) is 12.5. The van der Waals surface area contributed by atoms with Crippen LogP contribution in [0.5, 0.6) is 0 Å². The first-order valence-electron chi connectivity index (χ1n) is 17.3. The number of pyridine rings is 1. The molecule has 0 saturated carbocycles. The van der Waals surface area contributed by atoms with E-state index >= 15 is 0 Å². The lowest BCUT2D eigenvalue weighted by molar-refractivity contribution is 0.221. The summed E-state index contributed by atoms with van der Waals surface area (Å²) in [5, 5.41) is 4.66. The molecular weight excluding hydrogens is 553 g/mol. The summed E-state index contributed by atoms with van der Waals surface area (Å²) >= 11 is 0. The van der Waals surface area contributed by atoms with Gasteiger partial charge in [-0.2, -0.15) is 0 Å². The Hall–Kier alpha value is -3.40. The van der Waals surface area contributed by atoms with Gasteiger partial charge in [-0.05, 0) is 117 Å². The van der Waals surface area contributed by atoms with Crippen molar-refractivity contribution in [3.63, 3.8) is 0 Å². The molecule has 4 heteroatoms. The highest BCUT2D eigenvalue weighted by atomic mass is 19.1. The van der Waals surface area contributed by atoms with Crippen LogP contribution in [0.3, 0.4) is 0 Å². The van der Waals surface area contributed by atoms with Crippen molar-refractivity contribution in [1.29, 1.82) is 0 Å². The molecule has 4 rings (SSSR count). The van der Waals surface area contributed by atoms with Gasteiger partial charge in [0, 0.05) is 29.2 Å². The van der Waals surface area contributed by atoms with E-state index in [1.807, 2.05) is 24.5 Å². The van der Waals surface area contributed by atoms with Crippen molar-refractivity contribution in [2.45, 2.75) is 132 Å². The number of rotatable bonds is 13. The number of aryl methyl sites for hydroxylation is 5. The summed E-state index contributed by atoms with van der Waals surface area (Å²) < 4.78 is 14.6. The highest BCUT2D eigenvalue weighted by Crippen LogP contribution is 2.30. The second-order valence-corrected chi connectivity index (χ2v) is 12.8. The quantitative estimate of drug-likeness (QED) is 0.147. The molecule has 2 heterocycles. The predicted octanol–water partition coefficient (Wildman–Crippen LogP) is 12.6. The van der Waals surface area contributed by atoms with E-state index in [-0.39, 0.29) is 0 Å². The lowest BCUT2D eigenvalue weighted by atomic mass is 9.95. The molecule has 2 aromatic heterocycles. The van der Waals surface area contributed by atoms with Crippen molar-refractivity contribution < 1.29 is 4.39 Å². The topological polar surface area (TPSA) is 40.7 Å². The van der Waals surface area contributed by atoms with Gasteiger partial charge < -0.3 is 10.3 Å². The second-order valence-electron chi connectivity index (χ2n) is 12.8. The van der Waals surface area contributed by atoms with Crippen molar-refractivity contribution in [1.82, 2.24) is 9.97 Å². The third-order valence-corrected chi connectivity index (χ3v) is 8.16. The number of hydrogen-bond acceptors (Lipinski definition) is 2. The van der Waals surface area contributed by atoms with E-state index < -0.39 is 5.67 Å². The number of aromatic nitrogens is 2. The van der Waals surface area contributed by atoms with Crippen LogP contribution < -0.4 is 5.32 Å². The summed E-state index contributed by atoms with van der Waals surface area (Å²) in [6, 6.07) is 14.8. The van der Waals surface area contributed by atoms with Gasteiger partial charge in [0.15, 0.2) is 0 Å². The Morgan fingerprint density at radius 3 is 2.11 bits per heavy atom. The smallest absolute Gasteiger partial charge is 0.137 e. The first-order valence-corrected chi connectivity index (χ1v) is 17.3. The second kappa shape index (κ2) is 19.2. The van der Waals surface area contributed by atoms with Gasteiger partial charge in [0.25, 0.3) is 0 Å². The third-order valence-electron chi connectivity index (χ3n) is 8.16. The Bertz CT molecular complexity index is 1460. The number of alkyl halides is 1. The largest absolute Gasteiger partial charge is 0.356 e. The van der Waals surface area contributed by atoms with Crippen LogP contribution in [0.1, 0.15) is 132 Å². The average molecular weight is 614 g/mol. The van der Waals surface area contributed by atoms with Crippen LogP contribution in [0.4, 0.5) is 10.1 Å². The van der Waals surface area contributed by atoms with Gasteiger partial charge in [0.2, 0.25) is 0 Å². The van der Waals surface area contributed by atoms with Crippen LogP contribution in [-0.2, 0) is 24.9 Å². The van der Waals surface area contributed by atoms with Crippen LogP contribution >= 0.6 is 0 Å². The van der Waals surface area contributed by atoms with Crippen LogP contribution in [0.15, 0.2) is 61.4 Å². The molecule has 0 aliphatic rings. The molecule has 45 heavy (non-hydrogen) atoms. The van der Waals surface area contributed by atoms with E-state index in [9.17, 15) is 4.39 Å². The van der Waals surface area contributed by atoms with Crippen molar-refractivity contribution in [3.8, 4) is 0 Å². The zero-order valence-corrected chi connectivity index (χ0v) is 29.8. The fourth-order valence-corrected chi connectivity index (χ4v) is 5.24. The summed E-state index contributed by atoms with van der Waals surface area (Å²) in [6.07, 6.45) is 15.8.